The van der Waals surface area contributed by atoms with E-state index in [0.29, 0.717) is 30.2 Å². The van der Waals surface area contributed by atoms with Crippen molar-refractivity contribution in [1.29, 1.82) is 5.41 Å². The van der Waals surface area contributed by atoms with E-state index >= 15 is 0 Å². The molecule has 1 saturated carbocycles. The van der Waals surface area contributed by atoms with E-state index in [9.17, 15) is 9.59 Å². The van der Waals surface area contributed by atoms with Gasteiger partial charge >= 0.3 is 0 Å². The Hall–Kier alpha value is -2.61. The third kappa shape index (κ3) is 5.96. The second kappa shape index (κ2) is 9.91. The third-order valence-corrected chi connectivity index (χ3v) is 4.69. The standard InChI is InChI=1S/C19H29N5O3/c1-13(21-16-5-7-17(8-6-16)23-14(2)26)22-19-15(12-20)4-9-18(27)24(19)10-3-11-25/h4,9,12,16-17,20-22,25H,1,3,5-8,10-11H2,2H3,(H,23,26). The van der Waals surface area contributed by atoms with Gasteiger partial charge in [-0.05, 0) is 38.2 Å². The molecular weight excluding hydrogens is 346 g/mol. The molecule has 1 aromatic heterocycles. The van der Waals surface area contributed by atoms with Gasteiger partial charge < -0.3 is 26.5 Å². The Morgan fingerprint density at radius 1 is 1.30 bits per heavy atom. The molecule has 1 aromatic rings. The Balaban J connectivity index is 2.01. The van der Waals surface area contributed by atoms with E-state index in [2.05, 4.69) is 22.5 Å². The lowest BCUT2D eigenvalue weighted by Gasteiger charge is -2.31. The van der Waals surface area contributed by atoms with Crippen LogP contribution in [0.5, 0.6) is 0 Å². The fourth-order valence-electron chi connectivity index (χ4n) is 3.40. The summed E-state index contributed by atoms with van der Waals surface area (Å²) in [5, 5.41) is 26.1. The highest BCUT2D eigenvalue weighted by Crippen LogP contribution is 2.20. The van der Waals surface area contributed by atoms with Crippen molar-refractivity contribution in [2.24, 2.45) is 0 Å². The Morgan fingerprint density at radius 3 is 2.48 bits per heavy atom. The van der Waals surface area contributed by atoms with Gasteiger partial charge in [-0.1, -0.05) is 6.58 Å². The van der Waals surface area contributed by atoms with Crippen LogP contribution in [0.15, 0.2) is 29.3 Å². The summed E-state index contributed by atoms with van der Waals surface area (Å²) in [7, 11) is 0. The number of hydrogen-bond donors (Lipinski definition) is 5. The first-order chi connectivity index (χ1) is 12.9. The zero-order valence-electron chi connectivity index (χ0n) is 15.8. The Labute approximate surface area is 159 Å². The fraction of sp³-hybridized carbons (Fsp3) is 0.526. The van der Waals surface area contributed by atoms with Crippen LogP contribution in [0.25, 0.3) is 0 Å². The minimum absolute atomic E-state index is 0.00147. The van der Waals surface area contributed by atoms with Gasteiger partial charge in [0.2, 0.25) is 5.91 Å². The van der Waals surface area contributed by atoms with Gasteiger partial charge in [-0.3, -0.25) is 14.2 Å². The average molecular weight is 375 g/mol. The predicted octanol–water partition coefficient (Wildman–Crippen LogP) is 1.15. The number of nitrogens with zero attached hydrogens (tertiary/aromatic N) is 1. The van der Waals surface area contributed by atoms with Crippen molar-refractivity contribution >= 4 is 17.9 Å². The Morgan fingerprint density at radius 2 is 1.93 bits per heavy atom. The molecule has 0 radical (unpaired) electrons. The van der Waals surface area contributed by atoms with E-state index in [0.717, 1.165) is 25.7 Å². The van der Waals surface area contributed by atoms with E-state index in [4.69, 9.17) is 10.5 Å². The van der Waals surface area contributed by atoms with Crippen LogP contribution in [-0.4, -0.2) is 40.5 Å². The topological polar surface area (TPSA) is 119 Å². The molecule has 27 heavy (non-hydrogen) atoms. The third-order valence-electron chi connectivity index (χ3n) is 4.69. The molecule has 0 atom stereocenters. The van der Waals surface area contributed by atoms with Gasteiger partial charge in [-0.25, -0.2) is 0 Å². The van der Waals surface area contributed by atoms with E-state index in [1.54, 1.807) is 6.07 Å². The van der Waals surface area contributed by atoms with Crippen LogP contribution >= 0.6 is 0 Å². The second-order valence-electron chi connectivity index (χ2n) is 6.85. The van der Waals surface area contributed by atoms with Gasteiger partial charge in [0.25, 0.3) is 5.56 Å². The number of carbonyl (C=O) groups is 1. The normalized spacial score (nSPS) is 19.2. The number of hydrogen-bond acceptors (Lipinski definition) is 6. The van der Waals surface area contributed by atoms with Gasteiger partial charge in [-0.15, -0.1) is 0 Å². The number of carbonyl (C=O) groups excluding carboxylic acids is 1. The number of pyridine rings is 1. The summed E-state index contributed by atoms with van der Waals surface area (Å²) in [6, 6.07) is 3.48. The van der Waals surface area contributed by atoms with E-state index in [1.807, 2.05) is 0 Å². The molecule has 0 saturated heterocycles. The van der Waals surface area contributed by atoms with Crippen molar-refractivity contribution in [3.63, 3.8) is 0 Å². The van der Waals surface area contributed by atoms with Crippen molar-refractivity contribution in [3.8, 4) is 0 Å². The molecule has 0 aromatic carbocycles. The van der Waals surface area contributed by atoms with Crippen LogP contribution in [0.4, 0.5) is 5.82 Å². The SMILES string of the molecule is C=C(Nc1c(C=N)ccc(=O)n1CCCO)NC1CCC(NC(C)=O)CC1. The monoisotopic (exact) mass is 375 g/mol. The number of aromatic nitrogens is 1. The summed E-state index contributed by atoms with van der Waals surface area (Å²) in [6.07, 6.45) is 5.27. The summed E-state index contributed by atoms with van der Waals surface area (Å²) >= 11 is 0. The lowest BCUT2D eigenvalue weighted by molar-refractivity contribution is -0.119. The van der Waals surface area contributed by atoms with Crippen molar-refractivity contribution < 1.29 is 9.90 Å². The van der Waals surface area contributed by atoms with Crippen molar-refractivity contribution in [2.45, 2.75) is 57.7 Å². The van der Waals surface area contributed by atoms with Crippen LogP contribution in [0.2, 0.25) is 0 Å². The highest BCUT2D eigenvalue weighted by molar-refractivity contribution is 5.84. The highest BCUT2D eigenvalue weighted by atomic mass is 16.3. The summed E-state index contributed by atoms with van der Waals surface area (Å²) in [5.74, 6) is 1.06. The number of aliphatic hydroxyl groups excluding tert-OH is 1. The van der Waals surface area contributed by atoms with Gasteiger partial charge in [0, 0.05) is 50.0 Å². The smallest absolute Gasteiger partial charge is 0.252 e. The van der Waals surface area contributed by atoms with Crippen LogP contribution in [0.3, 0.4) is 0 Å². The molecule has 0 aliphatic heterocycles. The number of amides is 1. The number of aliphatic hydroxyl groups is 1. The molecule has 1 heterocycles. The molecule has 8 nitrogen and oxygen atoms in total. The zero-order chi connectivity index (χ0) is 19.8. The van der Waals surface area contributed by atoms with Gasteiger partial charge in [0.15, 0.2) is 0 Å². The summed E-state index contributed by atoms with van der Waals surface area (Å²) in [4.78, 5) is 23.3. The van der Waals surface area contributed by atoms with E-state index in [-0.39, 0.29) is 30.2 Å². The maximum atomic E-state index is 12.2. The van der Waals surface area contributed by atoms with Crippen LogP contribution in [0.1, 0.15) is 44.6 Å². The molecule has 1 aliphatic carbocycles. The summed E-state index contributed by atoms with van der Waals surface area (Å²) in [6.45, 7) is 5.88. The molecule has 8 heteroatoms. The molecule has 1 aliphatic rings. The predicted molar refractivity (Wildman–Crippen MR) is 106 cm³/mol. The largest absolute Gasteiger partial charge is 0.396 e. The first-order valence-electron chi connectivity index (χ1n) is 9.29. The Kier molecular flexibility index (Phi) is 7.60. The molecule has 148 valence electrons. The maximum Gasteiger partial charge on any atom is 0.252 e. The zero-order valence-corrected chi connectivity index (χ0v) is 15.8. The molecular formula is C19H29N5O3. The van der Waals surface area contributed by atoms with Crippen molar-refractivity contribution in [2.75, 3.05) is 11.9 Å². The van der Waals surface area contributed by atoms with E-state index < -0.39 is 0 Å². The minimum atomic E-state index is -0.194. The van der Waals surface area contributed by atoms with Crippen LogP contribution < -0.4 is 21.5 Å². The second-order valence-corrected chi connectivity index (χ2v) is 6.85. The number of nitrogens with one attached hydrogen (secondary N) is 4. The molecule has 0 bridgehead atoms. The maximum absolute atomic E-state index is 12.2. The minimum Gasteiger partial charge on any atom is -0.396 e. The van der Waals surface area contributed by atoms with Crippen LogP contribution in [-0.2, 0) is 11.3 Å². The highest BCUT2D eigenvalue weighted by Gasteiger charge is 2.22. The molecule has 1 fully saturated rings. The quantitative estimate of drug-likeness (QED) is 0.415. The van der Waals surface area contributed by atoms with Gasteiger partial charge in [-0.2, -0.15) is 0 Å². The fourth-order valence-corrected chi connectivity index (χ4v) is 3.40. The van der Waals surface area contributed by atoms with Crippen molar-refractivity contribution in [3.05, 3.63) is 40.4 Å². The first kappa shape index (κ1) is 20.7. The summed E-state index contributed by atoms with van der Waals surface area (Å²) < 4.78 is 1.51. The molecule has 5 N–H and O–H groups in total. The number of rotatable bonds is 9. The Bertz CT molecular complexity index is 735. The van der Waals surface area contributed by atoms with Gasteiger partial charge in [0.1, 0.15) is 5.82 Å². The molecule has 0 spiro atoms. The number of anilines is 1. The summed E-state index contributed by atoms with van der Waals surface area (Å²) in [5.41, 5.74) is 0.380. The molecule has 2 rings (SSSR count). The lowest BCUT2D eigenvalue weighted by Crippen LogP contribution is -2.42. The first-order valence-corrected chi connectivity index (χ1v) is 9.29. The van der Waals surface area contributed by atoms with Gasteiger partial charge in [0.05, 0.1) is 5.82 Å². The van der Waals surface area contributed by atoms with Crippen molar-refractivity contribution in [1.82, 2.24) is 15.2 Å². The molecule has 0 unspecified atom stereocenters. The van der Waals surface area contributed by atoms with E-state index in [1.165, 1.54) is 23.8 Å². The average Bonchev–Trinajstić information content (AvgIpc) is 2.63. The van der Waals surface area contributed by atoms with Crippen LogP contribution in [0, 0.1) is 5.41 Å². The lowest BCUT2D eigenvalue weighted by atomic mass is 9.91. The molecule has 1 amide bonds.